The number of hydrogen-bond donors (Lipinski definition) is 2. The minimum atomic E-state index is -0.321. The van der Waals surface area contributed by atoms with Crippen molar-refractivity contribution in [3.8, 4) is 0 Å². The van der Waals surface area contributed by atoms with Gasteiger partial charge in [0, 0.05) is 25.1 Å². The molecule has 0 saturated carbocycles. The summed E-state index contributed by atoms with van der Waals surface area (Å²) in [6, 6.07) is 5.24. The van der Waals surface area contributed by atoms with E-state index < -0.39 is 0 Å². The van der Waals surface area contributed by atoms with Gasteiger partial charge in [-0.15, -0.1) is 5.10 Å². The van der Waals surface area contributed by atoms with Crippen LogP contribution in [-0.4, -0.2) is 49.9 Å². The number of carbonyl (C=O) groups excluding carboxylic acids is 1. The highest BCUT2D eigenvalue weighted by atomic mass is 32.2. The van der Waals surface area contributed by atoms with Gasteiger partial charge < -0.3 is 10.4 Å². The van der Waals surface area contributed by atoms with Crippen molar-refractivity contribution in [2.45, 2.75) is 13.0 Å². The molecule has 21 heavy (non-hydrogen) atoms. The molecular weight excluding hydrogens is 292 g/mol. The number of amides is 1. The Bertz CT molecular complexity index is 652. The summed E-state index contributed by atoms with van der Waals surface area (Å²) in [5.41, 5.74) is 0.202. The fraction of sp³-hybridized carbons (Fsp3) is 0.462. The zero-order chi connectivity index (χ0) is 15.1. The molecule has 2 aromatic heterocycles. The summed E-state index contributed by atoms with van der Waals surface area (Å²) >= 11 is 1.67. The molecule has 0 fully saturated rings. The third-order valence-electron chi connectivity index (χ3n) is 2.80. The van der Waals surface area contributed by atoms with Gasteiger partial charge in [-0.2, -0.15) is 11.8 Å². The van der Waals surface area contributed by atoms with Crippen LogP contribution >= 0.6 is 11.8 Å². The maximum absolute atomic E-state index is 12.0. The van der Waals surface area contributed by atoms with Crippen LogP contribution in [0.4, 0.5) is 0 Å². The van der Waals surface area contributed by atoms with E-state index in [4.69, 9.17) is 5.11 Å². The van der Waals surface area contributed by atoms with Gasteiger partial charge in [0.1, 0.15) is 6.54 Å². The molecule has 0 aliphatic carbocycles. The van der Waals surface area contributed by atoms with E-state index in [1.54, 1.807) is 36.2 Å². The third-order valence-corrected chi connectivity index (χ3v) is 3.87. The van der Waals surface area contributed by atoms with Crippen molar-refractivity contribution in [3.63, 3.8) is 0 Å². The van der Waals surface area contributed by atoms with Gasteiger partial charge in [-0.3, -0.25) is 9.20 Å². The van der Waals surface area contributed by atoms with Crippen LogP contribution in [0.25, 0.3) is 5.65 Å². The van der Waals surface area contributed by atoms with Crippen LogP contribution in [0, 0.1) is 0 Å². The summed E-state index contributed by atoms with van der Waals surface area (Å²) in [7, 11) is 0. The minimum Gasteiger partial charge on any atom is -0.396 e. The Morgan fingerprint density at radius 3 is 3.00 bits per heavy atom. The minimum absolute atomic E-state index is 0.0815. The normalized spacial score (nSPS) is 10.9. The number of aromatic nitrogens is 3. The Morgan fingerprint density at radius 1 is 1.38 bits per heavy atom. The number of nitrogens with zero attached hydrogens (tertiary/aromatic N) is 3. The largest absolute Gasteiger partial charge is 0.396 e. The standard InChI is InChI=1S/C13H18N4O3S/c18-7-3-8-21-9-5-14-12(19)10-17-13(20)16-6-2-1-4-11(16)15-17/h1-2,4,6,18H,3,5,7-10H2,(H,14,19). The molecular formula is C13H18N4O3S. The lowest BCUT2D eigenvalue weighted by Crippen LogP contribution is -2.33. The van der Waals surface area contributed by atoms with Crippen molar-refractivity contribution < 1.29 is 9.90 Å². The first kappa shape index (κ1) is 15.6. The van der Waals surface area contributed by atoms with Gasteiger partial charge in [0.05, 0.1) is 0 Å². The van der Waals surface area contributed by atoms with Crippen molar-refractivity contribution in [2.75, 3.05) is 24.7 Å². The van der Waals surface area contributed by atoms with E-state index >= 15 is 0 Å². The van der Waals surface area contributed by atoms with Crippen molar-refractivity contribution in [1.29, 1.82) is 0 Å². The average molecular weight is 310 g/mol. The predicted molar refractivity (Wildman–Crippen MR) is 81.5 cm³/mol. The summed E-state index contributed by atoms with van der Waals surface area (Å²) in [6.07, 6.45) is 2.38. The predicted octanol–water partition coefficient (Wildman–Crippen LogP) is -0.272. The fourth-order valence-corrected chi connectivity index (χ4v) is 2.58. The van der Waals surface area contributed by atoms with Gasteiger partial charge >= 0.3 is 5.69 Å². The molecule has 1 amide bonds. The Morgan fingerprint density at radius 2 is 2.24 bits per heavy atom. The highest BCUT2D eigenvalue weighted by Crippen LogP contribution is 2.00. The molecule has 114 valence electrons. The molecule has 0 saturated heterocycles. The number of thioether (sulfide) groups is 1. The number of hydrogen-bond acceptors (Lipinski definition) is 5. The lowest BCUT2D eigenvalue weighted by Gasteiger charge is -2.04. The zero-order valence-corrected chi connectivity index (χ0v) is 12.4. The fourth-order valence-electron chi connectivity index (χ4n) is 1.79. The second-order valence-corrected chi connectivity index (χ2v) is 5.63. The molecule has 0 unspecified atom stereocenters. The van der Waals surface area contributed by atoms with Crippen molar-refractivity contribution in [3.05, 3.63) is 34.9 Å². The van der Waals surface area contributed by atoms with E-state index in [1.807, 2.05) is 0 Å². The van der Waals surface area contributed by atoms with Crippen LogP contribution < -0.4 is 11.0 Å². The summed E-state index contributed by atoms with van der Waals surface area (Å²) in [6.45, 7) is 0.648. The van der Waals surface area contributed by atoms with Crippen molar-refractivity contribution in [1.82, 2.24) is 19.5 Å². The maximum Gasteiger partial charge on any atom is 0.350 e. The van der Waals surface area contributed by atoms with E-state index in [0.29, 0.717) is 12.2 Å². The molecule has 2 aromatic rings. The van der Waals surface area contributed by atoms with E-state index in [0.717, 1.165) is 22.6 Å². The van der Waals surface area contributed by atoms with Crippen LogP contribution in [0.5, 0.6) is 0 Å². The molecule has 0 radical (unpaired) electrons. The van der Waals surface area contributed by atoms with Gasteiger partial charge in [-0.25, -0.2) is 9.48 Å². The van der Waals surface area contributed by atoms with Gasteiger partial charge in [-0.05, 0) is 24.3 Å². The lowest BCUT2D eigenvalue weighted by atomic mass is 10.5. The first-order valence-corrected chi connectivity index (χ1v) is 7.87. The lowest BCUT2D eigenvalue weighted by molar-refractivity contribution is -0.121. The van der Waals surface area contributed by atoms with Crippen LogP contribution in [-0.2, 0) is 11.3 Å². The Hall–Kier alpha value is -1.80. The molecule has 2 heterocycles. The van der Waals surface area contributed by atoms with Crippen LogP contribution in [0.15, 0.2) is 29.2 Å². The second-order valence-electron chi connectivity index (χ2n) is 4.41. The summed E-state index contributed by atoms with van der Waals surface area (Å²) in [5, 5.41) is 15.5. The first-order chi connectivity index (χ1) is 10.2. The maximum atomic E-state index is 12.0. The quantitative estimate of drug-likeness (QED) is 0.655. The number of carbonyl (C=O) groups is 1. The number of pyridine rings is 1. The van der Waals surface area contributed by atoms with Crippen LogP contribution in [0.3, 0.4) is 0 Å². The Labute approximate surface area is 126 Å². The van der Waals surface area contributed by atoms with Crippen LogP contribution in [0.2, 0.25) is 0 Å². The van der Waals surface area contributed by atoms with Gasteiger partial charge in [0.2, 0.25) is 5.91 Å². The summed E-state index contributed by atoms with van der Waals surface area (Å²) in [5.74, 6) is 1.42. The monoisotopic (exact) mass is 310 g/mol. The summed E-state index contributed by atoms with van der Waals surface area (Å²) < 4.78 is 2.56. The van der Waals surface area contributed by atoms with Crippen molar-refractivity contribution >= 4 is 23.3 Å². The molecule has 0 atom stereocenters. The average Bonchev–Trinajstić information content (AvgIpc) is 2.80. The smallest absolute Gasteiger partial charge is 0.350 e. The highest BCUT2D eigenvalue weighted by Gasteiger charge is 2.09. The first-order valence-electron chi connectivity index (χ1n) is 6.72. The molecule has 7 nitrogen and oxygen atoms in total. The zero-order valence-electron chi connectivity index (χ0n) is 11.6. The second kappa shape index (κ2) is 7.84. The molecule has 2 N–H and O–H groups in total. The van der Waals surface area contributed by atoms with Gasteiger partial charge in [0.25, 0.3) is 0 Å². The van der Waals surface area contributed by atoms with Gasteiger partial charge in [0.15, 0.2) is 5.65 Å². The molecule has 0 aliphatic heterocycles. The van der Waals surface area contributed by atoms with E-state index in [2.05, 4.69) is 10.4 Å². The highest BCUT2D eigenvalue weighted by molar-refractivity contribution is 7.99. The van der Waals surface area contributed by atoms with Gasteiger partial charge in [-0.1, -0.05) is 6.07 Å². The Kier molecular flexibility index (Phi) is 5.82. The number of fused-ring (bicyclic) bond motifs is 1. The topological polar surface area (TPSA) is 88.6 Å². The Balaban J connectivity index is 1.82. The number of aliphatic hydroxyl groups excluding tert-OH is 1. The number of rotatable bonds is 8. The van der Waals surface area contributed by atoms with E-state index in [-0.39, 0.29) is 24.7 Å². The third kappa shape index (κ3) is 4.33. The molecule has 2 rings (SSSR count). The molecule has 0 spiro atoms. The van der Waals surface area contributed by atoms with Crippen LogP contribution in [0.1, 0.15) is 6.42 Å². The van der Waals surface area contributed by atoms with E-state index in [9.17, 15) is 9.59 Å². The molecule has 0 aliphatic rings. The SMILES string of the molecule is O=C(Cn1nc2ccccn2c1=O)NCCSCCCO. The van der Waals surface area contributed by atoms with Crippen molar-refractivity contribution in [2.24, 2.45) is 0 Å². The molecule has 8 heteroatoms. The number of nitrogens with one attached hydrogen (secondary N) is 1. The number of aliphatic hydroxyl groups is 1. The summed E-state index contributed by atoms with van der Waals surface area (Å²) in [4.78, 5) is 23.7. The molecule has 0 aromatic carbocycles. The van der Waals surface area contributed by atoms with E-state index in [1.165, 1.54) is 4.40 Å². The molecule has 0 bridgehead atoms.